The molecule has 9 heteroatoms. The number of ether oxygens (including phenoxy) is 1. The lowest BCUT2D eigenvalue weighted by atomic mass is 10.0. The van der Waals surface area contributed by atoms with Crippen LogP contribution in [0, 0.1) is 6.92 Å². The number of nitrogens with zero attached hydrogens (tertiary/aromatic N) is 4. The number of aromatic nitrogens is 2. The molecule has 0 aliphatic carbocycles. The van der Waals surface area contributed by atoms with Crippen LogP contribution in [0.4, 0.5) is 11.7 Å². The molecular formula is C30H32N4O5. The summed E-state index contributed by atoms with van der Waals surface area (Å²) >= 11 is 0. The summed E-state index contributed by atoms with van der Waals surface area (Å²) in [5, 5.41) is 9.70. The zero-order valence-corrected chi connectivity index (χ0v) is 22.2. The molecule has 0 amide bonds. The highest BCUT2D eigenvalue weighted by Crippen LogP contribution is 2.33. The Morgan fingerprint density at radius 3 is 2.67 bits per heavy atom. The highest BCUT2D eigenvalue weighted by molar-refractivity contribution is 5.88. The van der Waals surface area contributed by atoms with Gasteiger partial charge in [-0.25, -0.2) is 4.79 Å². The van der Waals surface area contributed by atoms with Gasteiger partial charge in [0.25, 0.3) is 6.01 Å². The quantitative estimate of drug-likeness (QED) is 0.363. The smallest absolute Gasteiger partial charge is 0.341 e. The van der Waals surface area contributed by atoms with Crippen molar-refractivity contribution in [1.29, 1.82) is 0 Å². The highest BCUT2D eigenvalue weighted by atomic mass is 16.5. The van der Waals surface area contributed by atoms with Gasteiger partial charge in [0.15, 0.2) is 11.0 Å². The summed E-state index contributed by atoms with van der Waals surface area (Å²) in [6, 6.07) is 13.9. The molecule has 1 unspecified atom stereocenters. The summed E-state index contributed by atoms with van der Waals surface area (Å²) in [5.41, 5.74) is 4.91. The van der Waals surface area contributed by atoms with Crippen molar-refractivity contribution in [1.82, 2.24) is 9.55 Å². The maximum Gasteiger partial charge on any atom is 0.341 e. The number of hydrogen-bond acceptors (Lipinski definition) is 7. The minimum Gasteiger partial charge on any atom is -0.477 e. The topological polar surface area (TPSA) is 101 Å². The van der Waals surface area contributed by atoms with Crippen molar-refractivity contribution < 1.29 is 19.1 Å². The van der Waals surface area contributed by atoms with Crippen LogP contribution in [0.25, 0.3) is 28.0 Å². The van der Waals surface area contributed by atoms with Gasteiger partial charge in [0.2, 0.25) is 0 Å². The van der Waals surface area contributed by atoms with E-state index in [9.17, 15) is 14.7 Å². The van der Waals surface area contributed by atoms with Crippen LogP contribution in [-0.2, 0) is 4.74 Å². The Morgan fingerprint density at radius 1 is 1.10 bits per heavy atom. The molecule has 2 aromatic heterocycles. The van der Waals surface area contributed by atoms with E-state index < -0.39 is 11.4 Å². The van der Waals surface area contributed by atoms with E-state index in [-0.39, 0.29) is 11.6 Å². The van der Waals surface area contributed by atoms with Gasteiger partial charge in [-0.3, -0.25) is 4.79 Å². The molecular weight excluding hydrogens is 496 g/mol. The molecule has 1 N–H and O–H groups in total. The molecule has 0 radical (unpaired) electrons. The van der Waals surface area contributed by atoms with E-state index in [4.69, 9.17) is 14.1 Å². The van der Waals surface area contributed by atoms with Crippen molar-refractivity contribution in [2.75, 3.05) is 43.2 Å². The van der Waals surface area contributed by atoms with Gasteiger partial charge in [0.05, 0.1) is 18.3 Å². The van der Waals surface area contributed by atoms with Crippen LogP contribution in [0.3, 0.4) is 0 Å². The predicted molar refractivity (Wildman–Crippen MR) is 150 cm³/mol. The Kier molecular flexibility index (Phi) is 6.60. The van der Waals surface area contributed by atoms with Crippen molar-refractivity contribution >= 4 is 28.8 Å². The van der Waals surface area contributed by atoms with Gasteiger partial charge < -0.3 is 28.6 Å². The number of hydrogen-bond donors (Lipinski definition) is 1. The molecule has 2 aliphatic heterocycles. The van der Waals surface area contributed by atoms with Crippen LogP contribution < -0.4 is 15.2 Å². The minimum absolute atomic E-state index is 0.220. The van der Waals surface area contributed by atoms with Crippen molar-refractivity contribution in [3.05, 3.63) is 70.0 Å². The van der Waals surface area contributed by atoms with E-state index in [2.05, 4.69) is 28.9 Å². The Bertz CT molecular complexity index is 1600. The number of pyridine rings is 1. The van der Waals surface area contributed by atoms with Gasteiger partial charge >= 0.3 is 5.97 Å². The Hall–Kier alpha value is -4.11. The third-order valence-corrected chi connectivity index (χ3v) is 7.84. The zero-order chi connectivity index (χ0) is 27.1. The summed E-state index contributed by atoms with van der Waals surface area (Å²) in [5.74, 6) is -1.26. The second-order valence-electron chi connectivity index (χ2n) is 10.4. The van der Waals surface area contributed by atoms with Crippen LogP contribution in [-0.4, -0.2) is 60.0 Å². The molecule has 2 saturated heterocycles. The summed E-state index contributed by atoms with van der Waals surface area (Å²) < 4.78 is 13.3. The molecule has 39 heavy (non-hydrogen) atoms. The number of aryl methyl sites for hydroxylation is 1. The lowest BCUT2D eigenvalue weighted by Crippen LogP contribution is -2.32. The van der Waals surface area contributed by atoms with E-state index >= 15 is 0 Å². The normalized spacial score (nSPS) is 17.4. The number of fused-ring (bicyclic) bond motifs is 1. The average molecular weight is 529 g/mol. The molecule has 6 rings (SSSR count). The lowest BCUT2D eigenvalue weighted by molar-refractivity contribution is 0.0695. The standard InChI is InChI=1S/C30H32N4O5/c1-19-14-20(7-10-25(19)32-11-3-4-12-32)26-16-27(35)23(29(36)37)17-34(26)21-8-9-24-28(15-21)39-30(31-24)33-13-5-6-22(33)18-38-2/h7-10,14-17,22H,3-6,11-13,18H2,1-2H3,(H,36,37). The first kappa shape index (κ1) is 25.2. The third kappa shape index (κ3) is 4.67. The maximum absolute atomic E-state index is 12.8. The summed E-state index contributed by atoms with van der Waals surface area (Å²) in [7, 11) is 1.70. The number of rotatable bonds is 7. The van der Waals surface area contributed by atoms with Gasteiger partial charge in [0, 0.05) is 56.4 Å². The molecule has 0 bridgehead atoms. The van der Waals surface area contributed by atoms with Crippen molar-refractivity contribution in [2.45, 2.75) is 38.6 Å². The third-order valence-electron chi connectivity index (χ3n) is 7.84. The first-order valence-corrected chi connectivity index (χ1v) is 13.5. The number of carboxylic acid groups (broad SMARTS) is 1. The van der Waals surface area contributed by atoms with Gasteiger partial charge in [-0.1, -0.05) is 6.07 Å². The van der Waals surface area contributed by atoms with Crippen molar-refractivity contribution in [3.63, 3.8) is 0 Å². The van der Waals surface area contributed by atoms with Crippen LogP contribution in [0.15, 0.2) is 57.9 Å². The SMILES string of the molecule is COCC1CCCN1c1nc2ccc(-n3cc(C(=O)O)c(=O)cc3-c3ccc(N4CCCC4)c(C)c3)cc2o1. The van der Waals surface area contributed by atoms with Crippen LogP contribution >= 0.6 is 0 Å². The molecule has 0 spiro atoms. The summed E-state index contributed by atoms with van der Waals surface area (Å²) in [6.45, 7) is 5.62. The Morgan fingerprint density at radius 2 is 1.92 bits per heavy atom. The number of carboxylic acids is 1. The minimum atomic E-state index is -1.26. The van der Waals surface area contributed by atoms with Crippen LogP contribution in [0.5, 0.6) is 0 Å². The molecule has 202 valence electrons. The number of anilines is 2. The first-order valence-electron chi connectivity index (χ1n) is 13.5. The number of methoxy groups -OCH3 is 1. The number of aromatic carboxylic acids is 1. The van der Waals surface area contributed by atoms with Crippen LogP contribution in [0.1, 0.15) is 41.6 Å². The maximum atomic E-state index is 12.8. The van der Waals surface area contributed by atoms with E-state index in [1.54, 1.807) is 11.7 Å². The van der Waals surface area contributed by atoms with E-state index in [1.165, 1.54) is 30.8 Å². The molecule has 2 fully saturated rings. The van der Waals surface area contributed by atoms with E-state index in [0.29, 0.717) is 35.1 Å². The molecule has 1 atom stereocenters. The lowest BCUT2D eigenvalue weighted by Gasteiger charge is -2.21. The zero-order valence-electron chi connectivity index (χ0n) is 22.2. The molecule has 0 saturated carbocycles. The van der Waals surface area contributed by atoms with E-state index in [1.807, 2.05) is 24.3 Å². The predicted octanol–water partition coefficient (Wildman–Crippen LogP) is 4.87. The number of benzene rings is 2. The molecule has 4 aromatic rings. The molecule has 2 aromatic carbocycles. The second-order valence-corrected chi connectivity index (χ2v) is 10.4. The molecule has 2 aliphatic rings. The number of carbonyl (C=O) groups is 1. The van der Waals surface area contributed by atoms with Crippen molar-refractivity contribution in [3.8, 4) is 16.9 Å². The van der Waals surface area contributed by atoms with Gasteiger partial charge in [-0.2, -0.15) is 4.98 Å². The molecule has 9 nitrogen and oxygen atoms in total. The largest absolute Gasteiger partial charge is 0.477 e. The highest BCUT2D eigenvalue weighted by Gasteiger charge is 2.28. The van der Waals surface area contributed by atoms with Gasteiger partial charge in [0.1, 0.15) is 11.1 Å². The number of oxazole rings is 1. The summed E-state index contributed by atoms with van der Waals surface area (Å²) in [4.78, 5) is 33.9. The Balaban J connectivity index is 1.43. The summed E-state index contributed by atoms with van der Waals surface area (Å²) in [6.07, 6.45) is 5.85. The van der Waals surface area contributed by atoms with Gasteiger partial charge in [-0.15, -0.1) is 0 Å². The first-order chi connectivity index (χ1) is 18.9. The van der Waals surface area contributed by atoms with Gasteiger partial charge in [-0.05, 0) is 68.0 Å². The monoisotopic (exact) mass is 528 g/mol. The fourth-order valence-corrected chi connectivity index (χ4v) is 5.89. The van der Waals surface area contributed by atoms with Crippen LogP contribution in [0.2, 0.25) is 0 Å². The van der Waals surface area contributed by atoms with Crippen molar-refractivity contribution in [2.24, 2.45) is 0 Å². The fourth-order valence-electron chi connectivity index (χ4n) is 5.89. The van der Waals surface area contributed by atoms with E-state index in [0.717, 1.165) is 43.6 Å². The molecule has 4 heterocycles. The Labute approximate surface area is 226 Å². The average Bonchev–Trinajstić information content (AvgIpc) is 3.69. The second kappa shape index (κ2) is 10.2. The fraction of sp³-hybridized carbons (Fsp3) is 0.367.